The number of amides is 1. The number of nitrogens with zero attached hydrogens (tertiary/aromatic N) is 2. The Morgan fingerprint density at radius 3 is 2.54 bits per heavy atom. The molecule has 0 aromatic heterocycles. The molecule has 0 spiro atoms. The summed E-state index contributed by atoms with van der Waals surface area (Å²) in [7, 11) is 1.44. The van der Waals surface area contributed by atoms with Gasteiger partial charge in [0.05, 0.1) is 19.6 Å². The van der Waals surface area contributed by atoms with E-state index in [1.165, 1.54) is 31.1 Å². The molecule has 0 unspecified atom stereocenters. The number of carbonyl (C=O) groups is 2. The molecule has 1 heterocycles. The van der Waals surface area contributed by atoms with Crippen LogP contribution in [0.5, 0.6) is 0 Å². The molecule has 0 bridgehead atoms. The van der Waals surface area contributed by atoms with Crippen molar-refractivity contribution >= 4 is 11.9 Å². The highest BCUT2D eigenvalue weighted by Crippen LogP contribution is 2.41. The lowest BCUT2D eigenvalue weighted by atomic mass is 9.97. The van der Waals surface area contributed by atoms with Crippen molar-refractivity contribution < 1.29 is 14.3 Å². The number of benzene rings is 1. The number of carbonyl (C=O) groups excluding carboxylic acids is 2. The molecule has 26 heavy (non-hydrogen) atoms. The number of esters is 1. The lowest BCUT2D eigenvalue weighted by Crippen LogP contribution is -2.46. The molecule has 4 rings (SSSR count). The van der Waals surface area contributed by atoms with E-state index in [4.69, 9.17) is 4.74 Å². The Labute approximate surface area is 155 Å². The summed E-state index contributed by atoms with van der Waals surface area (Å²) < 4.78 is 4.84. The predicted molar refractivity (Wildman–Crippen MR) is 98.6 cm³/mol. The van der Waals surface area contributed by atoms with E-state index in [0.717, 1.165) is 12.8 Å². The fraction of sp³-hybridized carbons (Fsp3) is 0.619. The first kappa shape index (κ1) is 17.5. The quantitative estimate of drug-likeness (QED) is 0.761. The van der Waals surface area contributed by atoms with Crippen LogP contribution in [-0.2, 0) is 20.7 Å². The standard InChI is InChI=1S/C21H28N2O3/c1-26-21(25)16-10-12-22(13-11-16)20(24)14-23(17-7-8-17)19-9-6-15-4-2-3-5-18(15)19/h2-5,16-17,19H,6-14H2,1H3/t19-/m0/s1. The first-order valence-electron chi connectivity index (χ1n) is 9.86. The molecular weight excluding hydrogens is 328 g/mol. The average Bonchev–Trinajstić information content (AvgIpc) is 3.44. The molecule has 1 aliphatic heterocycles. The monoisotopic (exact) mass is 356 g/mol. The van der Waals surface area contributed by atoms with Crippen molar-refractivity contribution in [1.29, 1.82) is 0 Å². The molecule has 5 nitrogen and oxygen atoms in total. The predicted octanol–water partition coefficient (Wildman–Crippen LogP) is 2.55. The highest BCUT2D eigenvalue weighted by Gasteiger charge is 2.39. The summed E-state index contributed by atoms with van der Waals surface area (Å²) in [5.41, 5.74) is 2.85. The van der Waals surface area contributed by atoms with Crippen molar-refractivity contribution in [1.82, 2.24) is 9.80 Å². The van der Waals surface area contributed by atoms with Gasteiger partial charge in [0.2, 0.25) is 5.91 Å². The Morgan fingerprint density at radius 1 is 1.12 bits per heavy atom. The van der Waals surface area contributed by atoms with E-state index in [1.54, 1.807) is 0 Å². The number of likely N-dealkylation sites (tertiary alicyclic amines) is 1. The van der Waals surface area contributed by atoms with Crippen LogP contribution in [0.2, 0.25) is 0 Å². The van der Waals surface area contributed by atoms with Crippen LogP contribution in [-0.4, -0.2) is 54.5 Å². The molecule has 2 fully saturated rings. The van der Waals surface area contributed by atoms with E-state index < -0.39 is 0 Å². The van der Waals surface area contributed by atoms with Crippen LogP contribution in [0.1, 0.15) is 49.3 Å². The van der Waals surface area contributed by atoms with Crippen molar-refractivity contribution in [3.63, 3.8) is 0 Å². The van der Waals surface area contributed by atoms with Gasteiger partial charge in [-0.05, 0) is 49.7 Å². The third kappa shape index (κ3) is 3.50. The summed E-state index contributed by atoms with van der Waals surface area (Å²) in [6.07, 6.45) is 6.07. The van der Waals surface area contributed by atoms with Crippen molar-refractivity contribution in [3.8, 4) is 0 Å². The zero-order chi connectivity index (χ0) is 18.1. The van der Waals surface area contributed by atoms with Crippen LogP contribution in [0.3, 0.4) is 0 Å². The Balaban J connectivity index is 1.39. The Hall–Kier alpha value is -1.88. The minimum atomic E-state index is -0.140. The average molecular weight is 356 g/mol. The van der Waals surface area contributed by atoms with E-state index in [0.29, 0.717) is 44.6 Å². The van der Waals surface area contributed by atoms with E-state index in [-0.39, 0.29) is 17.8 Å². The molecule has 2 aliphatic carbocycles. The number of hydrogen-bond donors (Lipinski definition) is 0. The number of piperidine rings is 1. The van der Waals surface area contributed by atoms with Crippen LogP contribution in [0.25, 0.3) is 0 Å². The molecule has 1 aromatic rings. The van der Waals surface area contributed by atoms with E-state index >= 15 is 0 Å². The summed E-state index contributed by atoms with van der Waals surface area (Å²) in [5.74, 6) is 0.0224. The summed E-state index contributed by atoms with van der Waals surface area (Å²) in [4.78, 5) is 29.0. The second kappa shape index (κ2) is 7.39. The molecular formula is C21H28N2O3. The number of aryl methyl sites for hydroxylation is 1. The topological polar surface area (TPSA) is 49.9 Å². The lowest BCUT2D eigenvalue weighted by molar-refractivity contribution is -0.149. The van der Waals surface area contributed by atoms with Crippen molar-refractivity contribution in [2.24, 2.45) is 5.92 Å². The van der Waals surface area contributed by atoms with E-state index in [9.17, 15) is 9.59 Å². The van der Waals surface area contributed by atoms with E-state index in [2.05, 4.69) is 29.2 Å². The Bertz CT molecular complexity index is 678. The molecule has 1 aromatic carbocycles. The second-order valence-electron chi connectivity index (χ2n) is 7.84. The Morgan fingerprint density at radius 2 is 1.85 bits per heavy atom. The van der Waals surface area contributed by atoms with Gasteiger partial charge in [0.25, 0.3) is 0 Å². The highest BCUT2D eigenvalue weighted by atomic mass is 16.5. The van der Waals surface area contributed by atoms with Crippen LogP contribution in [0.4, 0.5) is 0 Å². The maximum absolute atomic E-state index is 12.9. The summed E-state index contributed by atoms with van der Waals surface area (Å²) in [5, 5.41) is 0. The molecule has 0 N–H and O–H groups in total. The van der Waals surface area contributed by atoms with Gasteiger partial charge in [-0.2, -0.15) is 0 Å². The normalized spacial score (nSPS) is 23.2. The zero-order valence-electron chi connectivity index (χ0n) is 15.5. The zero-order valence-corrected chi connectivity index (χ0v) is 15.5. The molecule has 1 atom stereocenters. The van der Waals surface area contributed by atoms with Crippen molar-refractivity contribution in [3.05, 3.63) is 35.4 Å². The smallest absolute Gasteiger partial charge is 0.308 e. The molecule has 3 aliphatic rings. The second-order valence-corrected chi connectivity index (χ2v) is 7.84. The maximum Gasteiger partial charge on any atom is 0.308 e. The fourth-order valence-corrected chi connectivity index (χ4v) is 4.57. The minimum Gasteiger partial charge on any atom is -0.469 e. The summed E-state index contributed by atoms with van der Waals surface area (Å²) in [6.45, 7) is 1.84. The number of rotatable bonds is 5. The third-order valence-corrected chi connectivity index (χ3v) is 6.22. The molecule has 1 saturated heterocycles. The number of ether oxygens (including phenoxy) is 1. The maximum atomic E-state index is 12.9. The van der Waals surface area contributed by atoms with Gasteiger partial charge in [0, 0.05) is 25.2 Å². The first-order chi connectivity index (χ1) is 12.7. The van der Waals surface area contributed by atoms with Crippen LogP contribution >= 0.6 is 0 Å². The first-order valence-corrected chi connectivity index (χ1v) is 9.86. The van der Waals surface area contributed by atoms with Crippen LogP contribution < -0.4 is 0 Å². The summed E-state index contributed by atoms with van der Waals surface area (Å²) in [6, 6.07) is 9.62. The van der Waals surface area contributed by atoms with Gasteiger partial charge in [0.1, 0.15) is 0 Å². The SMILES string of the molecule is COC(=O)C1CCN(C(=O)CN(C2CC2)[C@H]2CCc3ccccc32)CC1. The highest BCUT2D eigenvalue weighted by molar-refractivity contribution is 5.79. The van der Waals surface area contributed by atoms with Gasteiger partial charge < -0.3 is 9.64 Å². The number of methoxy groups -OCH3 is 1. The van der Waals surface area contributed by atoms with Gasteiger partial charge in [-0.15, -0.1) is 0 Å². The number of fused-ring (bicyclic) bond motifs is 1. The third-order valence-electron chi connectivity index (χ3n) is 6.22. The molecule has 5 heteroatoms. The largest absolute Gasteiger partial charge is 0.469 e. The van der Waals surface area contributed by atoms with Crippen LogP contribution in [0.15, 0.2) is 24.3 Å². The minimum absolute atomic E-state index is 0.0507. The van der Waals surface area contributed by atoms with Gasteiger partial charge in [-0.3, -0.25) is 14.5 Å². The fourth-order valence-electron chi connectivity index (χ4n) is 4.57. The molecule has 1 saturated carbocycles. The number of hydrogen-bond acceptors (Lipinski definition) is 4. The molecule has 0 radical (unpaired) electrons. The molecule has 1 amide bonds. The lowest BCUT2D eigenvalue weighted by Gasteiger charge is -2.34. The van der Waals surface area contributed by atoms with Gasteiger partial charge in [-0.1, -0.05) is 24.3 Å². The van der Waals surface area contributed by atoms with Crippen molar-refractivity contribution in [2.75, 3.05) is 26.7 Å². The summed E-state index contributed by atoms with van der Waals surface area (Å²) >= 11 is 0. The van der Waals surface area contributed by atoms with Crippen molar-refractivity contribution in [2.45, 2.75) is 50.6 Å². The van der Waals surface area contributed by atoms with Crippen LogP contribution in [0, 0.1) is 5.92 Å². The van der Waals surface area contributed by atoms with Gasteiger partial charge >= 0.3 is 5.97 Å². The van der Waals surface area contributed by atoms with E-state index in [1.807, 2.05) is 4.90 Å². The molecule has 140 valence electrons. The van der Waals surface area contributed by atoms with Gasteiger partial charge in [-0.25, -0.2) is 0 Å². The Kier molecular flexibility index (Phi) is 4.98. The van der Waals surface area contributed by atoms with Gasteiger partial charge in [0.15, 0.2) is 0 Å².